The van der Waals surface area contributed by atoms with E-state index in [1.54, 1.807) is 0 Å². The van der Waals surface area contributed by atoms with Crippen LogP contribution < -0.4 is 5.32 Å². The van der Waals surface area contributed by atoms with Crippen LogP contribution in [0.4, 0.5) is 0 Å². The van der Waals surface area contributed by atoms with Crippen molar-refractivity contribution in [3.8, 4) is 0 Å². The molecule has 0 aromatic carbocycles. The molecule has 1 N–H and O–H groups in total. The van der Waals surface area contributed by atoms with Crippen molar-refractivity contribution < 1.29 is 4.79 Å². The van der Waals surface area contributed by atoms with Crippen LogP contribution in [-0.4, -0.2) is 62.0 Å². The molecule has 20 heavy (non-hydrogen) atoms. The summed E-state index contributed by atoms with van der Waals surface area (Å²) in [5.74, 6) is 0.993. The Morgan fingerprint density at radius 3 is 2.45 bits per heavy atom. The number of piperidine rings is 2. The number of carbonyl (C=O) groups excluding carboxylic acids is 1. The Bertz CT molecular complexity index is 284. The maximum absolute atomic E-state index is 12.3. The maximum Gasteiger partial charge on any atom is 0.222 e. The molecule has 0 radical (unpaired) electrons. The normalized spacial score (nSPS) is 23.9. The molecule has 2 fully saturated rings. The van der Waals surface area contributed by atoms with E-state index in [9.17, 15) is 4.79 Å². The van der Waals surface area contributed by atoms with Crippen molar-refractivity contribution in [2.24, 2.45) is 5.92 Å². The standard InChI is InChI=1S/C14H27N3O.2ClH/c1-16(2)13-4-3-9-17(11-13)14(18)10-12-5-7-15-8-6-12;;/h12-13,15H,3-11H2,1-2H3;2*1H. The Kier molecular flexibility index (Phi) is 9.81. The summed E-state index contributed by atoms with van der Waals surface area (Å²) in [6.07, 6.45) is 5.47. The second-order valence-electron chi connectivity index (χ2n) is 6.00. The fraction of sp³-hybridized carbons (Fsp3) is 0.929. The number of likely N-dealkylation sites (tertiary alicyclic amines) is 1. The molecule has 6 heteroatoms. The first-order valence-corrected chi connectivity index (χ1v) is 7.31. The molecule has 0 saturated carbocycles. The van der Waals surface area contributed by atoms with E-state index in [0.717, 1.165) is 51.9 Å². The van der Waals surface area contributed by atoms with Crippen LogP contribution in [0.5, 0.6) is 0 Å². The summed E-state index contributed by atoms with van der Waals surface area (Å²) in [4.78, 5) is 16.7. The molecule has 2 aliphatic heterocycles. The van der Waals surface area contributed by atoms with Crippen molar-refractivity contribution in [2.45, 2.75) is 38.1 Å². The van der Waals surface area contributed by atoms with Crippen molar-refractivity contribution in [3.05, 3.63) is 0 Å². The first-order chi connectivity index (χ1) is 8.66. The van der Waals surface area contributed by atoms with Crippen molar-refractivity contribution in [1.29, 1.82) is 0 Å². The summed E-state index contributed by atoms with van der Waals surface area (Å²) in [6.45, 7) is 4.06. The zero-order chi connectivity index (χ0) is 13.0. The Morgan fingerprint density at radius 2 is 1.85 bits per heavy atom. The Balaban J connectivity index is 0.00000180. The lowest BCUT2D eigenvalue weighted by molar-refractivity contribution is -0.134. The van der Waals surface area contributed by atoms with E-state index in [1.807, 2.05) is 0 Å². The van der Waals surface area contributed by atoms with Crippen molar-refractivity contribution >= 4 is 30.7 Å². The molecular formula is C14H29Cl2N3O. The Labute approximate surface area is 135 Å². The van der Waals surface area contributed by atoms with Crippen LogP contribution in [0.25, 0.3) is 0 Å². The van der Waals surface area contributed by atoms with Crippen LogP contribution in [-0.2, 0) is 4.79 Å². The van der Waals surface area contributed by atoms with E-state index in [1.165, 1.54) is 6.42 Å². The molecule has 1 atom stereocenters. The third-order valence-electron chi connectivity index (χ3n) is 4.40. The van der Waals surface area contributed by atoms with Gasteiger partial charge in [0.1, 0.15) is 0 Å². The molecule has 2 saturated heterocycles. The van der Waals surface area contributed by atoms with E-state index in [4.69, 9.17) is 0 Å². The van der Waals surface area contributed by atoms with Crippen LogP contribution in [0, 0.1) is 5.92 Å². The molecule has 1 unspecified atom stereocenters. The van der Waals surface area contributed by atoms with Gasteiger partial charge in [0.05, 0.1) is 0 Å². The van der Waals surface area contributed by atoms with Crippen LogP contribution in [0.3, 0.4) is 0 Å². The predicted octanol–water partition coefficient (Wildman–Crippen LogP) is 1.77. The largest absolute Gasteiger partial charge is 0.341 e. The minimum atomic E-state index is 0. The summed E-state index contributed by atoms with van der Waals surface area (Å²) in [6, 6.07) is 0.552. The number of carbonyl (C=O) groups is 1. The average molecular weight is 326 g/mol. The quantitative estimate of drug-likeness (QED) is 0.859. The topological polar surface area (TPSA) is 35.6 Å². The summed E-state index contributed by atoms with van der Waals surface area (Å²) >= 11 is 0. The van der Waals surface area contributed by atoms with Gasteiger partial charge in [-0.15, -0.1) is 24.8 Å². The monoisotopic (exact) mass is 325 g/mol. The molecule has 4 nitrogen and oxygen atoms in total. The van der Waals surface area contributed by atoms with Crippen LogP contribution in [0.2, 0.25) is 0 Å². The summed E-state index contributed by atoms with van der Waals surface area (Å²) in [5, 5.41) is 3.36. The predicted molar refractivity (Wildman–Crippen MR) is 88.0 cm³/mol. The van der Waals surface area contributed by atoms with Gasteiger partial charge in [-0.1, -0.05) is 0 Å². The number of amides is 1. The van der Waals surface area contributed by atoms with Gasteiger partial charge in [-0.25, -0.2) is 0 Å². The molecule has 0 spiro atoms. The lowest BCUT2D eigenvalue weighted by Gasteiger charge is -2.37. The molecule has 2 rings (SSSR count). The van der Waals surface area contributed by atoms with E-state index in [-0.39, 0.29) is 24.8 Å². The van der Waals surface area contributed by atoms with E-state index < -0.39 is 0 Å². The van der Waals surface area contributed by atoms with Gasteiger partial charge in [-0.3, -0.25) is 4.79 Å². The zero-order valence-corrected chi connectivity index (χ0v) is 14.3. The molecular weight excluding hydrogens is 297 g/mol. The lowest BCUT2D eigenvalue weighted by atomic mass is 9.93. The highest BCUT2D eigenvalue weighted by atomic mass is 35.5. The third kappa shape index (κ3) is 5.76. The third-order valence-corrected chi connectivity index (χ3v) is 4.40. The second-order valence-corrected chi connectivity index (χ2v) is 6.00. The van der Waals surface area contributed by atoms with Gasteiger partial charge in [-0.05, 0) is 58.8 Å². The fourth-order valence-corrected chi connectivity index (χ4v) is 3.06. The van der Waals surface area contributed by atoms with Crippen LogP contribution in [0.1, 0.15) is 32.1 Å². The molecule has 0 bridgehead atoms. The zero-order valence-electron chi connectivity index (χ0n) is 12.6. The van der Waals surface area contributed by atoms with Crippen LogP contribution in [0.15, 0.2) is 0 Å². The van der Waals surface area contributed by atoms with Crippen LogP contribution >= 0.6 is 24.8 Å². The van der Waals surface area contributed by atoms with E-state index in [2.05, 4.69) is 29.2 Å². The average Bonchev–Trinajstić information content (AvgIpc) is 2.40. The van der Waals surface area contributed by atoms with Gasteiger partial charge >= 0.3 is 0 Å². The summed E-state index contributed by atoms with van der Waals surface area (Å²) in [7, 11) is 4.23. The number of hydrogen-bond donors (Lipinski definition) is 1. The van der Waals surface area contributed by atoms with Crippen molar-refractivity contribution in [3.63, 3.8) is 0 Å². The maximum atomic E-state index is 12.3. The molecule has 2 aliphatic rings. The highest BCUT2D eigenvalue weighted by molar-refractivity contribution is 5.85. The van der Waals surface area contributed by atoms with Gasteiger partial charge in [0.15, 0.2) is 0 Å². The van der Waals surface area contributed by atoms with Crippen molar-refractivity contribution in [1.82, 2.24) is 15.1 Å². The number of nitrogens with zero attached hydrogens (tertiary/aromatic N) is 2. The first kappa shape index (κ1) is 20.0. The molecule has 1 amide bonds. The number of halogens is 2. The number of hydrogen-bond acceptors (Lipinski definition) is 3. The second kappa shape index (κ2) is 9.82. The van der Waals surface area contributed by atoms with Gasteiger partial charge in [0, 0.05) is 25.6 Å². The smallest absolute Gasteiger partial charge is 0.222 e. The van der Waals surface area contributed by atoms with E-state index in [0.29, 0.717) is 17.9 Å². The first-order valence-electron chi connectivity index (χ1n) is 7.31. The summed E-state index contributed by atoms with van der Waals surface area (Å²) in [5.41, 5.74) is 0. The summed E-state index contributed by atoms with van der Waals surface area (Å²) < 4.78 is 0. The molecule has 0 aliphatic carbocycles. The SMILES string of the molecule is CN(C)C1CCCN(C(=O)CC2CCNCC2)C1.Cl.Cl. The number of likely N-dealkylation sites (N-methyl/N-ethyl adjacent to an activating group) is 1. The molecule has 0 aromatic heterocycles. The molecule has 120 valence electrons. The Morgan fingerprint density at radius 1 is 1.20 bits per heavy atom. The van der Waals surface area contributed by atoms with Crippen molar-refractivity contribution in [2.75, 3.05) is 40.3 Å². The molecule has 2 heterocycles. The van der Waals surface area contributed by atoms with Gasteiger partial charge in [-0.2, -0.15) is 0 Å². The highest BCUT2D eigenvalue weighted by Gasteiger charge is 2.26. The van der Waals surface area contributed by atoms with Gasteiger partial charge in [0.25, 0.3) is 0 Å². The number of rotatable bonds is 3. The lowest BCUT2D eigenvalue weighted by Crippen LogP contribution is -2.48. The highest BCUT2D eigenvalue weighted by Crippen LogP contribution is 2.20. The minimum absolute atomic E-state index is 0. The van der Waals surface area contributed by atoms with Gasteiger partial charge in [0.2, 0.25) is 5.91 Å². The molecule has 0 aromatic rings. The van der Waals surface area contributed by atoms with Gasteiger partial charge < -0.3 is 15.1 Å². The minimum Gasteiger partial charge on any atom is -0.341 e. The van der Waals surface area contributed by atoms with E-state index >= 15 is 0 Å². The fourth-order valence-electron chi connectivity index (χ4n) is 3.06. The Hall–Kier alpha value is -0.0300. The number of nitrogens with one attached hydrogen (secondary N) is 1.